The lowest BCUT2D eigenvalue weighted by atomic mass is 10.0. The van der Waals surface area contributed by atoms with E-state index in [0.29, 0.717) is 30.0 Å². The predicted molar refractivity (Wildman–Crippen MR) is 76.9 cm³/mol. The first-order chi connectivity index (χ1) is 8.83. The van der Waals surface area contributed by atoms with Gasteiger partial charge in [-0.25, -0.2) is 12.8 Å². The van der Waals surface area contributed by atoms with Crippen LogP contribution in [0.3, 0.4) is 0 Å². The number of hydrogen-bond acceptors (Lipinski definition) is 3. The molecule has 1 aromatic rings. The molecule has 3 nitrogen and oxygen atoms in total. The maximum Gasteiger partial charge on any atom is 0.147 e. The molecule has 0 aromatic heterocycles. The first kappa shape index (κ1) is 16.4. The summed E-state index contributed by atoms with van der Waals surface area (Å²) in [7, 11) is -3.02. The highest BCUT2D eigenvalue weighted by atomic mass is 35.5. The Bertz CT molecular complexity index is 499. The van der Waals surface area contributed by atoms with Gasteiger partial charge in [0.1, 0.15) is 15.7 Å². The monoisotopic (exact) mass is 307 g/mol. The van der Waals surface area contributed by atoms with Crippen LogP contribution >= 0.6 is 11.6 Å². The van der Waals surface area contributed by atoms with Crippen LogP contribution < -0.4 is 5.32 Å². The summed E-state index contributed by atoms with van der Waals surface area (Å²) in [6.45, 7) is 2.62. The van der Waals surface area contributed by atoms with E-state index in [-0.39, 0.29) is 17.6 Å². The maximum absolute atomic E-state index is 13.7. The van der Waals surface area contributed by atoms with Crippen molar-refractivity contribution in [2.45, 2.75) is 25.8 Å². The van der Waals surface area contributed by atoms with Gasteiger partial charge in [-0.3, -0.25) is 0 Å². The van der Waals surface area contributed by atoms with Crippen LogP contribution in [0, 0.1) is 5.82 Å². The van der Waals surface area contributed by atoms with Gasteiger partial charge in [-0.05, 0) is 31.5 Å². The molecule has 0 amide bonds. The number of nitrogens with one attached hydrogen (secondary N) is 1. The van der Waals surface area contributed by atoms with Crippen molar-refractivity contribution >= 4 is 21.4 Å². The summed E-state index contributed by atoms with van der Waals surface area (Å²) in [6, 6.07) is 4.45. The second kappa shape index (κ2) is 7.22. The van der Waals surface area contributed by atoms with Gasteiger partial charge in [-0.2, -0.15) is 0 Å². The molecule has 0 bridgehead atoms. The second-order valence-corrected chi connectivity index (χ2v) is 7.24. The molecule has 108 valence electrons. The van der Waals surface area contributed by atoms with Crippen molar-refractivity contribution in [3.63, 3.8) is 0 Å². The average molecular weight is 308 g/mol. The summed E-state index contributed by atoms with van der Waals surface area (Å²) in [4.78, 5) is 0. The van der Waals surface area contributed by atoms with Gasteiger partial charge in [0, 0.05) is 22.9 Å². The van der Waals surface area contributed by atoms with Crippen LogP contribution in [-0.4, -0.2) is 33.0 Å². The molecule has 0 aliphatic heterocycles. The highest BCUT2D eigenvalue weighted by molar-refractivity contribution is 7.90. The Kier molecular flexibility index (Phi) is 6.23. The summed E-state index contributed by atoms with van der Waals surface area (Å²) in [5.41, 5.74) is 0.434. The zero-order valence-electron chi connectivity index (χ0n) is 11.1. The lowest BCUT2D eigenvalue weighted by molar-refractivity contribution is 0.493. The van der Waals surface area contributed by atoms with Gasteiger partial charge >= 0.3 is 0 Å². The Morgan fingerprint density at radius 3 is 2.63 bits per heavy atom. The van der Waals surface area contributed by atoms with E-state index in [0.717, 1.165) is 0 Å². The molecule has 1 aromatic carbocycles. The van der Waals surface area contributed by atoms with E-state index in [4.69, 9.17) is 11.6 Å². The Hall–Kier alpha value is -0.650. The van der Waals surface area contributed by atoms with Gasteiger partial charge in [0.15, 0.2) is 0 Å². The van der Waals surface area contributed by atoms with E-state index in [1.165, 1.54) is 12.3 Å². The van der Waals surface area contributed by atoms with Crippen LogP contribution in [0.15, 0.2) is 18.2 Å². The smallest absolute Gasteiger partial charge is 0.147 e. The topological polar surface area (TPSA) is 46.2 Å². The highest BCUT2D eigenvalue weighted by Gasteiger charge is 2.16. The van der Waals surface area contributed by atoms with Crippen LogP contribution in [-0.2, 0) is 16.3 Å². The van der Waals surface area contributed by atoms with Crippen LogP contribution in [0.4, 0.5) is 4.39 Å². The minimum absolute atomic E-state index is 0.0801. The van der Waals surface area contributed by atoms with Gasteiger partial charge in [-0.15, -0.1) is 0 Å². The van der Waals surface area contributed by atoms with Gasteiger partial charge in [0.25, 0.3) is 0 Å². The molecular formula is C13H19ClFNO2S. The van der Waals surface area contributed by atoms with Gasteiger partial charge in [0.2, 0.25) is 0 Å². The van der Waals surface area contributed by atoms with E-state index >= 15 is 0 Å². The molecule has 0 heterocycles. The Morgan fingerprint density at radius 2 is 2.11 bits per heavy atom. The molecule has 1 atom stereocenters. The molecule has 0 saturated carbocycles. The van der Waals surface area contributed by atoms with E-state index in [1.54, 1.807) is 12.1 Å². The van der Waals surface area contributed by atoms with Crippen molar-refractivity contribution in [2.75, 3.05) is 18.6 Å². The summed E-state index contributed by atoms with van der Waals surface area (Å²) in [5.74, 6) is -0.272. The molecule has 6 heteroatoms. The van der Waals surface area contributed by atoms with Gasteiger partial charge in [0.05, 0.1) is 5.75 Å². The Labute approximate surface area is 119 Å². The number of halogens is 2. The van der Waals surface area contributed by atoms with Crippen LogP contribution in [0.5, 0.6) is 0 Å². The SMILES string of the molecule is CCNC(CCS(C)(=O)=O)Cc1c(F)cccc1Cl. The highest BCUT2D eigenvalue weighted by Crippen LogP contribution is 2.21. The number of benzene rings is 1. The molecule has 0 aliphatic rings. The molecule has 1 rings (SSSR count). The predicted octanol–water partition coefficient (Wildman–Crippen LogP) is 2.43. The van der Waals surface area contributed by atoms with E-state index < -0.39 is 9.84 Å². The number of hydrogen-bond donors (Lipinski definition) is 1. The summed E-state index contributed by atoms with van der Waals surface area (Å²) in [6.07, 6.45) is 2.03. The third-order valence-corrected chi connectivity index (χ3v) is 4.17. The lowest BCUT2D eigenvalue weighted by Crippen LogP contribution is -2.33. The summed E-state index contributed by atoms with van der Waals surface area (Å²) < 4.78 is 36.1. The number of sulfone groups is 1. The fraction of sp³-hybridized carbons (Fsp3) is 0.538. The minimum Gasteiger partial charge on any atom is -0.314 e. The third-order valence-electron chi connectivity index (χ3n) is 2.84. The van der Waals surface area contributed by atoms with Crippen molar-refractivity contribution in [1.82, 2.24) is 5.32 Å². The average Bonchev–Trinajstić information content (AvgIpc) is 2.30. The first-order valence-corrected chi connectivity index (χ1v) is 8.61. The quantitative estimate of drug-likeness (QED) is 0.841. The van der Waals surface area contributed by atoms with E-state index in [1.807, 2.05) is 6.92 Å². The van der Waals surface area contributed by atoms with Crippen LogP contribution in [0.2, 0.25) is 5.02 Å². The molecule has 0 saturated heterocycles. The maximum atomic E-state index is 13.7. The van der Waals surface area contributed by atoms with E-state index in [2.05, 4.69) is 5.32 Å². The van der Waals surface area contributed by atoms with Crippen LogP contribution in [0.1, 0.15) is 18.9 Å². The molecule has 0 fully saturated rings. The number of likely N-dealkylation sites (N-methyl/N-ethyl adjacent to an activating group) is 1. The lowest BCUT2D eigenvalue weighted by Gasteiger charge is -2.18. The molecule has 0 radical (unpaired) electrons. The fourth-order valence-corrected chi connectivity index (χ4v) is 2.85. The number of rotatable bonds is 7. The van der Waals surface area contributed by atoms with Crippen molar-refractivity contribution in [2.24, 2.45) is 0 Å². The van der Waals surface area contributed by atoms with Gasteiger partial charge in [-0.1, -0.05) is 24.6 Å². The fourth-order valence-electron chi connectivity index (χ4n) is 1.90. The van der Waals surface area contributed by atoms with Crippen molar-refractivity contribution in [3.05, 3.63) is 34.6 Å². The minimum atomic E-state index is -3.02. The second-order valence-electron chi connectivity index (χ2n) is 4.58. The molecular weight excluding hydrogens is 289 g/mol. The van der Waals surface area contributed by atoms with Crippen molar-refractivity contribution in [3.8, 4) is 0 Å². The molecule has 0 aliphatic carbocycles. The molecule has 0 spiro atoms. The zero-order chi connectivity index (χ0) is 14.5. The van der Waals surface area contributed by atoms with Crippen molar-refractivity contribution < 1.29 is 12.8 Å². The van der Waals surface area contributed by atoms with Crippen molar-refractivity contribution in [1.29, 1.82) is 0 Å². The third kappa shape index (κ3) is 5.89. The van der Waals surface area contributed by atoms with E-state index in [9.17, 15) is 12.8 Å². The molecule has 1 unspecified atom stereocenters. The first-order valence-electron chi connectivity index (χ1n) is 6.17. The molecule has 1 N–H and O–H groups in total. The Balaban J connectivity index is 2.78. The van der Waals surface area contributed by atoms with Crippen LogP contribution in [0.25, 0.3) is 0 Å². The normalized spacial score (nSPS) is 13.5. The largest absolute Gasteiger partial charge is 0.314 e. The standard InChI is InChI=1S/C13H19ClFNO2S/c1-3-16-10(7-8-19(2,17)18)9-11-12(14)5-4-6-13(11)15/h4-6,10,16H,3,7-9H2,1-2H3. The Morgan fingerprint density at radius 1 is 1.42 bits per heavy atom. The summed E-state index contributed by atoms with van der Waals surface area (Å²) in [5, 5.41) is 3.55. The summed E-state index contributed by atoms with van der Waals surface area (Å²) >= 11 is 5.98. The molecule has 19 heavy (non-hydrogen) atoms. The van der Waals surface area contributed by atoms with Gasteiger partial charge < -0.3 is 5.32 Å². The zero-order valence-corrected chi connectivity index (χ0v) is 12.7.